The van der Waals surface area contributed by atoms with Gasteiger partial charge in [-0.25, -0.2) is 0 Å². The number of ether oxygens (including phenoxy) is 1. The summed E-state index contributed by atoms with van der Waals surface area (Å²) >= 11 is 0. The lowest BCUT2D eigenvalue weighted by molar-refractivity contribution is 0.0948. The number of nitrogens with two attached hydrogens (primary N) is 1. The van der Waals surface area contributed by atoms with Crippen molar-refractivity contribution in [3.05, 3.63) is 47.9 Å². The number of hydrogen-bond acceptors (Lipinski definition) is 4. The maximum atomic E-state index is 12.2. The van der Waals surface area contributed by atoms with E-state index in [9.17, 15) is 4.79 Å². The highest BCUT2D eigenvalue weighted by Crippen LogP contribution is 2.24. The van der Waals surface area contributed by atoms with E-state index in [0.29, 0.717) is 30.2 Å². The van der Waals surface area contributed by atoms with Gasteiger partial charge in [0.1, 0.15) is 11.3 Å². The van der Waals surface area contributed by atoms with Crippen LogP contribution in [0.15, 0.2) is 41.2 Å². The summed E-state index contributed by atoms with van der Waals surface area (Å²) in [7, 11) is 0. The van der Waals surface area contributed by atoms with Crippen molar-refractivity contribution in [3.63, 3.8) is 0 Å². The molecule has 0 aliphatic heterocycles. The standard InChI is InChI=1S/C14H16N2O3/c1-2-19-12-5-3-4-11(15)13(12)14(17)16-8-10-6-7-18-9-10/h3-7,9H,2,8,15H2,1H3,(H,16,17). The van der Waals surface area contributed by atoms with Crippen LogP contribution >= 0.6 is 0 Å². The van der Waals surface area contributed by atoms with E-state index in [2.05, 4.69) is 5.32 Å². The van der Waals surface area contributed by atoms with Crippen molar-refractivity contribution in [3.8, 4) is 5.75 Å². The Morgan fingerprint density at radius 1 is 1.42 bits per heavy atom. The summed E-state index contributed by atoms with van der Waals surface area (Å²) in [6.45, 7) is 2.72. The molecule has 2 rings (SSSR count). The minimum atomic E-state index is -0.261. The number of hydrogen-bond donors (Lipinski definition) is 2. The monoisotopic (exact) mass is 260 g/mol. The maximum absolute atomic E-state index is 12.2. The van der Waals surface area contributed by atoms with Crippen molar-refractivity contribution in [2.24, 2.45) is 0 Å². The van der Waals surface area contributed by atoms with Gasteiger partial charge in [-0.2, -0.15) is 0 Å². The van der Waals surface area contributed by atoms with Crippen LogP contribution in [-0.2, 0) is 6.54 Å². The average molecular weight is 260 g/mol. The number of anilines is 1. The summed E-state index contributed by atoms with van der Waals surface area (Å²) in [6, 6.07) is 6.95. The van der Waals surface area contributed by atoms with Crippen LogP contribution in [0, 0.1) is 0 Å². The highest BCUT2D eigenvalue weighted by atomic mass is 16.5. The first-order chi connectivity index (χ1) is 9.22. The molecular weight excluding hydrogens is 244 g/mol. The fourth-order valence-corrected chi connectivity index (χ4v) is 1.73. The van der Waals surface area contributed by atoms with Crippen molar-refractivity contribution in [2.45, 2.75) is 13.5 Å². The number of carbonyl (C=O) groups is 1. The molecule has 1 heterocycles. The van der Waals surface area contributed by atoms with Crippen molar-refractivity contribution in [2.75, 3.05) is 12.3 Å². The van der Waals surface area contributed by atoms with E-state index in [1.54, 1.807) is 36.8 Å². The Morgan fingerprint density at radius 2 is 2.26 bits per heavy atom. The lowest BCUT2D eigenvalue weighted by atomic mass is 10.1. The van der Waals surface area contributed by atoms with Gasteiger partial charge in [-0.15, -0.1) is 0 Å². The topological polar surface area (TPSA) is 77.5 Å². The van der Waals surface area contributed by atoms with E-state index in [4.69, 9.17) is 14.9 Å². The number of nitrogens with one attached hydrogen (secondary N) is 1. The number of furan rings is 1. The summed E-state index contributed by atoms with van der Waals surface area (Å²) in [5.74, 6) is 0.231. The molecule has 3 N–H and O–H groups in total. The van der Waals surface area contributed by atoms with Crippen LogP contribution in [0.1, 0.15) is 22.8 Å². The van der Waals surface area contributed by atoms with Crippen molar-refractivity contribution in [1.82, 2.24) is 5.32 Å². The van der Waals surface area contributed by atoms with Gasteiger partial charge in [-0.05, 0) is 25.1 Å². The van der Waals surface area contributed by atoms with Crippen LogP contribution in [0.2, 0.25) is 0 Å². The van der Waals surface area contributed by atoms with E-state index in [-0.39, 0.29) is 5.91 Å². The highest BCUT2D eigenvalue weighted by molar-refractivity contribution is 6.01. The lowest BCUT2D eigenvalue weighted by Gasteiger charge is -2.12. The highest BCUT2D eigenvalue weighted by Gasteiger charge is 2.15. The van der Waals surface area contributed by atoms with Crippen LogP contribution in [0.3, 0.4) is 0 Å². The Balaban J connectivity index is 2.13. The van der Waals surface area contributed by atoms with Gasteiger partial charge < -0.3 is 20.2 Å². The Bertz CT molecular complexity index is 550. The average Bonchev–Trinajstić information content (AvgIpc) is 2.90. The fourth-order valence-electron chi connectivity index (χ4n) is 1.73. The molecule has 0 saturated heterocycles. The second-order valence-electron chi connectivity index (χ2n) is 3.97. The van der Waals surface area contributed by atoms with Crippen LogP contribution in [0.4, 0.5) is 5.69 Å². The molecule has 1 amide bonds. The van der Waals surface area contributed by atoms with Gasteiger partial charge in [-0.3, -0.25) is 4.79 Å². The van der Waals surface area contributed by atoms with E-state index in [0.717, 1.165) is 5.56 Å². The molecule has 0 atom stereocenters. The Labute approximate surface area is 111 Å². The quantitative estimate of drug-likeness (QED) is 0.808. The van der Waals surface area contributed by atoms with Crippen LogP contribution < -0.4 is 15.8 Å². The second-order valence-corrected chi connectivity index (χ2v) is 3.97. The van der Waals surface area contributed by atoms with Gasteiger partial charge in [0.15, 0.2) is 0 Å². The molecular formula is C14H16N2O3. The molecule has 0 unspecified atom stereocenters. The SMILES string of the molecule is CCOc1cccc(N)c1C(=O)NCc1ccoc1. The van der Waals surface area contributed by atoms with Gasteiger partial charge in [0.25, 0.3) is 5.91 Å². The zero-order valence-electron chi connectivity index (χ0n) is 10.7. The first kappa shape index (κ1) is 13.0. The Morgan fingerprint density at radius 3 is 2.95 bits per heavy atom. The number of carbonyl (C=O) groups excluding carboxylic acids is 1. The smallest absolute Gasteiger partial charge is 0.257 e. The fraction of sp³-hybridized carbons (Fsp3) is 0.214. The molecule has 5 heteroatoms. The predicted octanol–water partition coefficient (Wildman–Crippen LogP) is 2.19. The first-order valence-corrected chi connectivity index (χ1v) is 6.03. The van der Waals surface area contributed by atoms with Crippen LogP contribution in [0.5, 0.6) is 5.75 Å². The van der Waals surface area contributed by atoms with Crippen molar-refractivity contribution >= 4 is 11.6 Å². The first-order valence-electron chi connectivity index (χ1n) is 6.03. The third kappa shape index (κ3) is 3.07. The molecule has 19 heavy (non-hydrogen) atoms. The predicted molar refractivity (Wildman–Crippen MR) is 71.9 cm³/mol. The Hall–Kier alpha value is -2.43. The molecule has 0 aliphatic rings. The van der Waals surface area contributed by atoms with E-state index >= 15 is 0 Å². The molecule has 100 valence electrons. The number of amides is 1. The van der Waals surface area contributed by atoms with Gasteiger partial charge in [0.05, 0.1) is 19.1 Å². The molecule has 0 bridgehead atoms. The molecule has 2 aromatic rings. The van der Waals surface area contributed by atoms with Gasteiger partial charge in [0.2, 0.25) is 0 Å². The molecule has 0 aliphatic carbocycles. The molecule has 5 nitrogen and oxygen atoms in total. The Kier molecular flexibility index (Phi) is 4.07. The number of nitrogen functional groups attached to an aromatic ring is 1. The molecule has 0 radical (unpaired) electrons. The molecule has 0 saturated carbocycles. The minimum absolute atomic E-state index is 0.261. The van der Waals surface area contributed by atoms with Crippen molar-refractivity contribution < 1.29 is 13.9 Å². The van der Waals surface area contributed by atoms with Crippen LogP contribution in [0.25, 0.3) is 0 Å². The third-order valence-corrected chi connectivity index (χ3v) is 2.62. The number of rotatable bonds is 5. The third-order valence-electron chi connectivity index (χ3n) is 2.62. The summed E-state index contributed by atoms with van der Waals surface area (Å²) in [4.78, 5) is 12.2. The summed E-state index contributed by atoms with van der Waals surface area (Å²) in [5, 5.41) is 2.78. The number of benzene rings is 1. The van der Waals surface area contributed by atoms with Gasteiger partial charge in [-0.1, -0.05) is 6.07 Å². The van der Waals surface area contributed by atoms with E-state index in [1.165, 1.54) is 0 Å². The summed E-state index contributed by atoms with van der Waals surface area (Å²) in [6.07, 6.45) is 3.14. The molecule has 1 aromatic carbocycles. The van der Waals surface area contributed by atoms with Crippen LogP contribution in [-0.4, -0.2) is 12.5 Å². The van der Waals surface area contributed by atoms with Gasteiger partial charge >= 0.3 is 0 Å². The summed E-state index contributed by atoms with van der Waals surface area (Å²) < 4.78 is 10.4. The minimum Gasteiger partial charge on any atom is -0.493 e. The van der Waals surface area contributed by atoms with Gasteiger partial charge in [0, 0.05) is 17.8 Å². The lowest BCUT2D eigenvalue weighted by Crippen LogP contribution is -2.24. The zero-order chi connectivity index (χ0) is 13.7. The van der Waals surface area contributed by atoms with E-state index < -0.39 is 0 Å². The summed E-state index contributed by atoms with van der Waals surface area (Å²) in [5.41, 5.74) is 7.50. The largest absolute Gasteiger partial charge is 0.493 e. The zero-order valence-corrected chi connectivity index (χ0v) is 10.7. The molecule has 0 spiro atoms. The maximum Gasteiger partial charge on any atom is 0.257 e. The normalized spacial score (nSPS) is 10.2. The molecule has 0 fully saturated rings. The van der Waals surface area contributed by atoms with Crippen molar-refractivity contribution in [1.29, 1.82) is 0 Å². The second kappa shape index (κ2) is 5.95. The molecule has 1 aromatic heterocycles. The van der Waals surface area contributed by atoms with E-state index in [1.807, 2.05) is 6.92 Å².